The molecule has 3 aromatic rings. The summed E-state index contributed by atoms with van der Waals surface area (Å²) in [5.41, 5.74) is 0.885. The first-order valence-electron chi connectivity index (χ1n) is 11.1. The van der Waals surface area contributed by atoms with Crippen LogP contribution in [0.1, 0.15) is 20.3 Å². The minimum atomic E-state index is -0.813. The van der Waals surface area contributed by atoms with Crippen molar-refractivity contribution in [2.45, 2.75) is 26.4 Å². The van der Waals surface area contributed by atoms with Crippen LogP contribution in [0, 0.1) is 0 Å². The van der Waals surface area contributed by atoms with Crippen molar-refractivity contribution in [1.29, 1.82) is 0 Å². The Bertz CT molecular complexity index is 1140. The van der Waals surface area contributed by atoms with E-state index in [2.05, 4.69) is 24.1 Å². The number of benzene rings is 2. The molecule has 0 aliphatic carbocycles. The summed E-state index contributed by atoms with van der Waals surface area (Å²) in [5, 5.41) is 3.30. The Labute approximate surface area is 186 Å². The zero-order chi connectivity index (χ0) is 22.5. The van der Waals surface area contributed by atoms with Crippen LogP contribution < -0.4 is 20.2 Å². The third kappa shape index (κ3) is 4.62. The van der Waals surface area contributed by atoms with Crippen LogP contribution in [0.5, 0.6) is 11.5 Å². The standard InChI is InChI=1S/C25H28N2O5/c1-3-27(4-2)14-8-13-26-25(29)22-16-30-20-12-11-18-19(28)15-21(17-9-6-5-7-10-17)31-23(18)24(20)32-22/h5-7,9-12,15,22H,3-4,8,13-14,16H2,1-2H3,(H,26,29). The number of nitrogens with zero attached hydrogens (tertiary/aromatic N) is 1. The van der Waals surface area contributed by atoms with Gasteiger partial charge in [-0.1, -0.05) is 44.2 Å². The SMILES string of the molecule is CCN(CC)CCCNC(=O)C1COc2ccc3c(=O)cc(-c4ccccc4)oc3c2O1. The van der Waals surface area contributed by atoms with Crippen LogP contribution in [0.3, 0.4) is 0 Å². The maximum absolute atomic E-state index is 12.7. The summed E-state index contributed by atoms with van der Waals surface area (Å²) in [5.74, 6) is 0.931. The lowest BCUT2D eigenvalue weighted by Gasteiger charge is -2.26. The van der Waals surface area contributed by atoms with Crippen molar-refractivity contribution >= 4 is 16.9 Å². The van der Waals surface area contributed by atoms with E-state index >= 15 is 0 Å². The van der Waals surface area contributed by atoms with Gasteiger partial charge in [0.1, 0.15) is 12.4 Å². The van der Waals surface area contributed by atoms with Crippen molar-refractivity contribution in [2.24, 2.45) is 0 Å². The van der Waals surface area contributed by atoms with E-state index in [-0.39, 0.29) is 29.3 Å². The van der Waals surface area contributed by atoms with Gasteiger partial charge in [0.15, 0.2) is 16.8 Å². The number of carbonyl (C=O) groups is 1. The third-order valence-corrected chi connectivity index (χ3v) is 5.66. The first kappa shape index (κ1) is 21.9. The van der Waals surface area contributed by atoms with Gasteiger partial charge in [-0.2, -0.15) is 0 Å². The van der Waals surface area contributed by atoms with Gasteiger partial charge in [-0.15, -0.1) is 0 Å². The second kappa shape index (κ2) is 9.87. The summed E-state index contributed by atoms with van der Waals surface area (Å²) >= 11 is 0. The summed E-state index contributed by atoms with van der Waals surface area (Å²) in [6.07, 6.45) is 0.0442. The molecule has 0 radical (unpaired) electrons. The lowest BCUT2D eigenvalue weighted by atomic mass is 10.1. The number of carbonyl (C=O) groups excluding carboxylic acids is 1. The summed E-state index contributed by atoms with van der Waals surface area (Å²) in [6.45, 7) is 7.81. The Hall–Kier alpha value is -3.32. The van der Waals surface area contributed by atoms with Crippen LogP contribution in [0.25, 0.3) is 22.3 Å². The molecule has 1 aromatic heterocycles. The van der Waals surface area contributed by atoms with Crippen molar-refractivity contribution < 1.29 is 18.7 Å². The maximum atomic E-state index is 12.7. The van der Waals surface area contributed by atoms with E-state index in [9.17, 15) is 9.59 Å². The highest BCUT2D eigenvalue weighted by Crippen LogP contribution is 2.39. The fourth-order valence-corrected chi connectivity index (χ4v) is 3.79. The van der Waals surface area contributed by atoms with Gasteiger partial charge in [-0.25, -0.2) is 0 Å². The number of amides is 1. The predicted octanol–water partition coefficient (Wildman–Crippen LogP) is 3.45. The number of ether oxygens (including phenoxy) is 2. The molecule has 2 heterocycles. The predicted molar refractivity (Wildman–Crippen MR) is 123 cm³/mol. The van der Waals surface area contributed by atoms with E-state index < -0.39 is 6.10 Å². The van der Waals surface area contributed by atoms with Crippen LogP contribution in [0.15, 0.2) is 57.7 Å². The molecule has 168 valence electrons. The molecule has 1 aliphatic rings. The molecule has 0 bridgehead atoms. The summed E-state index contributed by atoms with van der Waals surface area (Å²) in [4.78, 5) is 27.7. The van der Waals surface area contributed by atoms with Gasteiger partial charge in [-0.3, -0.25) is 9.59 Å². The third-order valence-electron chi connectivity index (χ3n) is 5.66. The molecule has 4 rings (SSSR count). The Kier molecular flexibility index (Phi) is 6.75. The molecule has 2 aromatic carbocycles. The van der Waals surface area contributed by atoms with E-state index in [0.717, 1.165) is 31.6 Å². The van der Waals surface area contributed by atoms with E-state index in [1.807, 2.05) is 30.3 Å². The number of rotatable bonds is 8. The van der Waals surface area contributed by atoms with Crippen molar-refractivity contribution in [3.05, 3.63) is 58.8 Å². The van der Waals surface area contributed by atoms with Gasteiger partial charge >= 0.3 is 0 Å². The van der Waals surface area contributed by atoms with Crippen LogP contribution in [-0.2, 0) is 4.79 Å². The van der Waals surface area contributed by atoms with Crippen molar-refractivity contribution in [3.63, 3.8) is 0 Å². The fourth-order valence-electron chi connectivity index (χ4n) is 3.79. The highest BCUT2D eigenvalue weighted by Gasteiger charge is 2.30. The van der Waals surface area contributed by atoms with Crippen LogP contribution in [-0.4, -0.2) is 49.7 Å². The average molecular weight is 437 g/mol. The molecule has 7 nitrogen and oxygen atoms in total. The summed E-state index contributed by atoms with van der Waals surface area (Å²) < 4.78 is 17.8. The van der Waals surface area contributed by atoms with Gasteiger partial charge in [0, 0.05) is 18.2 Å². The largest absolute Gasteiger partial charge is 0.485 e. The van der Waals surface area contributed by atoms with E-state index in [1.165, 1.54) is 6.07 Å². The molecule has 0 spiro atoms. The average Bonchev–Trinajstić information content (AvgIpc) is 2.84. The van der Waals surface area contributed by atoms with Crippen molar-refractivity contribution in [1.82, 2.24) is 10.2 Å². The van der Waals surface area contributed by atoms with Crippen LogP contribution in [0.2, 0.25) is 0 Å². The monoisotopic (exact) mass is 436 g/mol. The van der Waals surface area contributed by atoms with Gasteiger partial charge in [0.25, 0.3) is 5.91 Å². The molecule has 1 aliphatic heterocycles. The smallest absolute Gasteiger partial charge is 0.264 e. The molecular formula is C25H28N2O5. The van der Waals surface area contributed by atoms with E-state index in [0.29, 0.717) is 23.4 Å². The number of hydrogen-bond acceptors (Lipinski definition) is 6. The van der Waals surface area contributed by atoms with Crippen LogP contribution in [0.4, 0.5) is 0 Å². The van der Waals surface area contributed by atoms with Gasteiger partial charge in [-0.05, 0) is 38.2 Å². The van der Waals surface area contributed by atoms with Crippen molar-refractivity contribution in [3.8, 4) is 22.8 Å². The molecule has 32 heavy (non-hydrogen) atoms. The Balaban J connectivity index is 1.53. The van der Waals surface area contributed by atoms with Crippen molar-refractivity contribution in [2.75, 3.05) is 32.8 Å². The van der Waals surface area contributed by atoms with Gasteiger partial charge in [0.05, 0.1) is 5.39 Å². The minimum Gasteiger partial charge on any atom is -0.485 e. The Morgan fingerprint density at radius 3 is 2.66 bits per heavy atom. The Morgan fingerprint density at radius 2 is 1.91 bits per heavy atom. The first-order valence-corrected chi connectivity index (χ1v) is 11.1. The summed E-state index contributed by atoms with van der Waals surface area (Å²) in [7, 11) is 0. The number of nitrogens with one attached hydrogen (secondary N) is 1. The normalized spacial score (nSPS) is 15.2. The molecule has 0 saturated heterocycles. The zero-order valence-electron chi connectivity index (χ0n) is 18.4. The highest BCUT2D eigenvalue weighted by molar-refractivity contribution is 5.88. The molecule has 1 amide bonds. The molecular weight excluding hydrogens is 408 g/mol. The second-order valence-corrected chi connectivity index (χ2v) is 7.70. The Morgan fingerprint density at radius 1 is 1.12 bits per heavy atom. The first-order chi connectivity index (χ1) is 15.6. The van der Waals surface area contributed by atoms with Crippen LogP contribution >= 0.6 is 0 Å². The molecule has 1 atom stereocenters. The number of fused-ring (bicyclic) bond motifs is 3. The van der Waals surface area contributed by atoms with E-state index in [4.69, 9.17) is 13.9 Å². The molecule has 7 heteroatoms. The minimum absolute atomic E-state index is 0.100. The molecule has 1 N–H and O–H groups in total. The molecule has 0 fully saturated rings. The lowest BCUT2D eigenvalue weighted by molar-refractivity contribution is -0.130. The number of hydrogen-bond donors (Lipinski definition) is 1. The van der Waals surface area contributed by atoms with Gasteiger partial charge in [0.2, 0.25) is 11.9 Å². The highest BCUT2D eigenvalue weighted by atomic mass is 16.6. The summed E-state index contributed by atoms with van der Waals surface area (Å²) in [6, 6.07) is 14.2. The lowest BCUT2D eigenvalue weighted by Crippen LogP contribution is -2.44. The topological polar surface area (TPSA) is 81.0 Å². The van der Waals surface area contributed by atoms with Gasteiger partial charge < -0.3 is 24.1 Å². The molecule has 0 saturated carbocycles. The zero-order valence-corrected chi connectivity index (χ0v) is 18.4. The maximum Gasteiger partial charge on any atom is 0.264 e. The second-order valence-electron chi connectivity index (χ2n) is 7.70. The van der Waals surface area contributed by atoms with E-state index in [1.54, 1.807) is 12.1 Å². The molecule has 1 unspecified atom stereocenters. The quantitative estimate of drug-likeness (QED) is 0.545. The fraction of sp³-hybridized carbons (Fsp3) is 0.360.